The van der Waals surface area contributed by atoms with E-state index in [9.17, 15) is 13.2 Å². The van der Waals surface area contributed by atoms with Crippen molar-refractivity contribution in [2.45, 2.75) is 31.6 Å². The molecule has 0 amide bonds. The van der Waals surface area contributed by atoms with Gasteiger partial charge in [-0.3, -0.25) is 4.79 Å². The fraction of sp³-hybridized carbons (Fsp3) is 0.300. The van der Waals surface area contributed by atoms with Crippen molar-refractivity contribution in [2.75, 3.05) is 13.1 Å². The number of hydrogen-bond donors (Lipinski definition) is 1. The first kappa shape index (κ1) is 19.3. The number of benzene rings is 2. The zero-order chi connectivity index (χ0) is 19.4. The van der Waals surface area contributed by atoms with E-state index in [1.807, 2.05) is 44.2 Å². The van der Waals surface area contributed by atoms with Crippen LogP contribution in [-0.4, -0.2) is 36.0 Å². The van der Waals surface area contributed by atoms with E-state index in [0.717, 1.165) is 18.4 Å². The lowest BCUT2D eigenvalue weighted by Crippen LogP contribution is -2.32. The van der Waals surface area contributed by atoms with Crippen LogP contribution in [0, 0.1) is 0 Å². The van der Waals surface area contributed by atoms with Crippen molar-refractivity contribution >= 4 is 20.8 Å². The largest absolute Gasteiger partial charge is 0.272 e. The Bertz CT molecular complexity index is 1090. The second-order valence-corrected chi connectivity index (χ2v) is 8.32. The third-order valence-electron chi connectivity index (χ3n) is 4.39. The van der Waals surface area contributed by atoms with Gasteiger partial charge in [-0.2, -0.15) is 9.40 Å². The number of rotatable bonds is 7. The van der Waals surface area contributed by atoms with Gasteiger partial charge in [-0.25, -0.2) is 13.5 Å². The van der Waals surface area contributed by atoms with Gasteiger partial charge in [0, 0.05) is 24.0 Å². The lowest BCUT2D eigenvalue weighted by atomic mass is 10.1. The molecule has 1 heterocycles. The molecule has 0 aliphatic heterocycles. The second kappa shape index (κ2) is 8.02. The summed E-state index contributed by atoms with van der Waals surface area (Å²) in [5, 5.41) is 7.61. The molecule has 6 nitrogen and oxygen atoms in total. The molecule has 0 saturated carbocycles. The zero-order valence-electron chi connectivity index (χ0n) is 15.5. The minimum Gasteiger partial charge on any atom is -0.267 e. The first-order valence-corrected chi connectivity index (χ1v) is 10.5. The van der Waals surface area contributed by atoms with Crippen LogP contribution in [0.15, 0.2) is 58.2 Å². The van der Waals surface area contributed by atoms with E-state index in [4.69, 9.17) is 0 Å². The van der Waals surface area contributed by atoms with Crippen molar-refractivity contribution in [1.82, 2.24) is 14.5 Å². The molecule has 0 spiro atoms. The van der Waals surface area contributed by atoms with E-state index < -0.39 is 10.0 Å². The summed E-state index contributed by atoms with van der Waals surface area (Å²) in [4.78, 5) is 12.4. The highest BCUT2D eigenvalue weighted by molar-refractivity contribution is 7.89. The summed E-state index contributed by atoms with van der Waals surface area (Å²) in [6, 6.07) is 14.0. The first-order valence-electron chi connectivity index (χ1n) is 9.07. The third-order valence-corrected chi connectivity index (χ3v) is 6.29. The Hall–Kier alpha value is -2.51. The quantitative estimate of drug-likeness (QED) is 0.676. The van der Waals surface area contributed by atoms with Crippen LogP contribution in [-0.2, 0) is 10.0 Å². The van der Waals surface area contributed by atoms with E-state index in [-0.39, 0.29) is 10.5 Å². The molecule has 0 radical (unpaired) electrons. The summed E-state index contributed by atoms with van der Waals surface area (Å²) in [7, 11) is -3.64. The van der Waals surface area contributed by atoms with Crippen molar-refractivity contribution < 1.29 is 8.42 Å². The summed E-state index contributed by atoms with van der Waals surface area (Å²) in [6.45, 7) is 4.84. The van der Waals surface area contributed by atoms with Gasteiger partial charge in [0.05, 0.1) is 16.0 Å². The average Bonchev–Trinajstić information content (AvgIpc) is 2.68. The van der Waals surface area contributed by atoms with Crippen molar-refractivity contribution in [2.24, 2.45) is 0 Å². The number of fused-ring (bicyclic) bond motifs is 1. The van der Waals surface area contributed by atoms with Gasteiger partial charge in [-0.05, 0) is 31.0 Å². The number of sulfonamides is 1. The van der Waals surface area contributed by atoms with E-state index in [0.29, 0.717) is 29.6 Å². The predicted octanol–water partition coefficient (Wildman–Crippen LogP) is 3.40. The minimum absolute atomic E-state index is 0.182. The van der Waals surface area contributed by atoms with Crippen LogP contribution in [0.3, 0.4) is 0 Å². The maximum atomic E-state index is 13.1. The summed E-state index contributed by atoms with van der Waals surface area (Å²) < 4.78 is 27.7. The molecule has 1 N–H and O–H groups in total. The Balaban J connectivity index is 2.21. The standard InChI is InChI=1S/C20H23N3O3S/c1-3-12-23(13-4-2)27(25,26)16-10-11-17-18(14-16)19(21-22-20(17)24)15-8-6-5-7-9-15/h5-11,14H,3-4,12-13H2,1-2H3,(H,22,24). The van der Waals surface area contributed by atoms with Crippen LogP contribution in [0.1, 0.15) is 26.7 Å². The Morgan fingerprint density at radius 3 is 2.26 bits per heavy atom. The van der Waals surface area contributed by atoms with E-state index in [1.54, 1.807) is 12.1 Å². The van der Waals surface area contributed by atoms with Crippen molar-refractivity contribution in [3.63, 3.8) is 0 Å². The number of nitrogens with zero attached hydrogens (tertiary/aromatic N) is 2. The third kappa shape index (κ3) is 3.79. The monoisotopic (exact) mass is 385 g/mol. The molecule has 1 aromatic heterocycles. The number of nitrogens with one attached hydrogen (secondary N) is 1. The molecule has 2 aromatic carbocycles. The molecule has 7 heteroatoms. The van der Waals surface area contributed by atoms with Crippen molar-refractivity contribution in [3.8, 4) is 11.3 Å². The molecule has 0 bridgehead atoms. The van der Waals surface area contributed by atoms with Gasteiger partial charge in [-0.15, -0.1) is 0 Å². The van der Waals surface area contributed by atoms with Crippen molar-refractivity contribution in [3.05, 3.63) is 58.9 Å². The lowest BCUT2D eigenvalue weighted by Gasteiger charge is -2.21. The summed E-state index contributed by atoms with van der Waals surface area (Å²) in [5.41, 5.74) is 1.03. The average molecular weight is 385 g/mol. The van der Waals surface area contributed by atoms with E-state index >= 15 is 0 Å². The fourth-order valence-electron chi connectivity index (χ4n) is 3.12. The molecule has 0 fully saturated rings. The summed E-state index contributed by atoms with van der Waals surface area (Å²) in [5.74, 6) is 0. The Kier molecular flexibility index (Phi) is 5.72. The van der Waals surface area contributed by atoms with Crippen LogP contribution in [0.5, 0.6) is 0 Å². The number of aromatic amines is 1. The zero-order valence-corrected chi connectivity index (χ0v) is 16.3. The molecule has 0 unspecified atom stereocenters. The van der Waals surface area contributed by atoms with Gasteiger partial charge in [-0.1, -0.05) is 44.2 Å². The summed E-state index contributed by atoms with van der Waals surface area (Å²) in [6.07, 6.45) is 1.48. The molecule has 0 aliphatic carbocycles. The van der Waals surface area contributed by atoms with E-state index in [1.165, 1.54) is 10.4 Å². The molecule has 27 heavy (non-hydrogen) atoms. The topological polar surface area (TPSA) is 83.1 Å². The predicted molar refractivity (Wildman–Crippen MR) is 107 cm³/mol. The normalized spacial score (nSPS) is 12.0. The molecular formula is C20H23N3O3S. The number of hydrogen-bond acceptors (Lipinski definition) is 4. The molecule has 0 saturated heterocycles. The SMILES string of the molecule is CCCN(CCC)S(=O)(=O)c1ccc2c(=O)[nH]nc(-c3ccccc3)c2c1. The van der Waals surface area contributed by atoms with Gasteiger partial charge in [0.1, 0.15) is 0 Å². The molecule has 0 aliphatic rings. The minimum atomic E-state index is -3.64. The van der Waals surface area contributed by atoms with Crippen LogP contribution >= 0.6 is 0 Å². The second-order valence-electron chi connectivity index (χ2n) is 6.38. The lowest BCUT2D eigenvalue weighted by molar-refractivity contribution is 0.410. The Morgan fingerprint density at radius 1 is 0.963 bits per heavy atom. The molecule has 3 rings (SSSR count). The molecule has 3 aromatic rings. The van der Waals surface area contributed by atoms with Gasteiger partial charge >= 0.3 is 0 Å². The highest BCUT2D eigenvalue weighted by Crippen LogP contribution is 2.27. The highest BCUT2D eigenvalue weighted by Gasteiger charge is 2.24. The molecule has 142 valence electrons. The first-order chi connectivity index (χ1) is 13.0. The summed E-state index contributed by atoms with van der Waals surface area (Å²) >= 11 is 0. The van der Waals surface area contributed by atoms with Crippen LogP contribution < -0.4 is 5.56 Å². The maximum absolute atomic E-state index is 13.1. The van der Waals surface area contributed by atoms with Gasteiger partial charge in [0.15, 0.2) is 0 Å². The molecular weight excluding hydrogens is 362 g/mol. The maximum Gasteiger partial charge on any atom is 0.272 e. The van der Waals surface area contributed by atoms with Gasteiger partial charge < -0.3 is 0 Å². The van der Waals surface area contributed by atoms with Crippen molar-refractivity contribution in [1.29, 1.82) is 0 Å². The number of aromatic nitrogens is 2. The van der Waals surface area contributed by atoms with Gasteiger partial charge in [0.2, 0.25) is 10.0 Å². The Morgan fingerprint density at radius 2 is 1.63 bits per heavy atom. The fourth-order valence-corrected chi connectivity index (χ4v) is 4.77. The van der Waals surface area contributed by atoms with Crippen LogP contribution in [0.25, 0.3) is 22.0 Å². The number of H-pyrrole nitrogens is 1. The Labute approximate surface area is 158 Å². The molecule has 0 atom stereocenters. The van der Waals surface area contributed by atoms with E-state index in [2.05, 4.69) is 10.2 Å². The highest BCUT2D eigenvalue weighted by atomic mass is 32.2. The van der Waals surface area contributed by atoms with Crippen LogP contribution in [0.2, 0.25) is 0 Å². The van der Waals surface area contributed by atoms with Gasteiger partial charge in [0.25, 0.3) is 5.56 Å². The smallest absolute Gasteiger partial charge is 0.267 e. The van der Waals surface area contributed by atoms with Crippen LogP contribution in [0.4, 0.5) is 0 Å².